The van der Waals surface area contributed by atoms with Gasteiger partial charge in [0, 0.05) is 12.2 Å². The number of nitrogens with one attached hydrogen (secondary N) is 2. The van der Waals surface area contributed by atoms with E-state index < -0.39 is 10.0 Å². The summed E-state index contributed by atoms with van der Waals surface area (Å²) in [7, 11) is -0.437. The Kier molecular flexibility index (Phi) is 7.20. The molecule has 0 atom stereocenters. The van der Waals surface area contributed by atoms with Gasteiger partial charge in [-0.2, -0.15) is 0 Å². The quantitative estimate of drug-likeness (QED) is 0.684. The molecule has 0 unspecified atom stereocenters. The predicted molar refractivity (Wildman–Crippen MR) is 104 cm³/mol. The zero-order chi connectivity index (χ0) is 19.9. The summed E-state index contributed by atoms with van der Waals surface area (Å²) in [6.07, 6.45) is 0.863. The van der Waals surface area contributed by atoms with Crippen LogP contribution >= 0.6 is 0 Å². The molecule has 0 saturated heterocycles. The third-order valence-electron chi connectivity index (χ3n) is 3.80. The van der Waals surface area contributed by atoms with Crippen molar-refractivity contribution in [3.63, 3.8) is 0 Å². The first-order valence-electron chi connectivity index (χ1n) is 8.50. The van der Waals surface area contributed by atoms with Crippen molar-refractivity contribution in [3.05, 3.63) is 48.0 Å². The van der Waals surface area contributed by atoms with Crippen LogP contribution in [0.25, 0.3) is 0 Å². The number of rotatable bonds is 9. The van der Waals surface area contributed by atoms with Crippen LogP contribution in [0.1, 0.15) is 18.9 Å². The van der Waals surface area contributed by atoms with Gasteiger partial charge in [-0.1, -0.05) is 13.0 Å². The number of carbonyl (C=O) groups is 1. The summed E-state index contributed by atoms with van der Waals surface area (Å²) in [6, 6.07) is 11.3. The summed E-state index contributed by atoms with van der Waals surface area (Å²) in [5.74, 6) is 0.925. The molecule has 0 saturated carbocycles. The normalized spacial score (nSPS) is 11.1. The Morgan fingerprint density at radius 2 is 1.67 bits per heavy atom. The van der Waals surface area contributed by atoms with Crippen LogP contribution in [0.3, 0.4) is 0 Å². The molecule has 0 fully saturated rings. The molecule has 8 heteroatoms. The second kappa shape index (κ2) is 9.38. The fourth-order valence-electron chi connectivity index (χ4n) is 2.42. The van der Waals surface area contributed by atoms with Crippen molar-refractivity contribution in [2.75, 3.05) is 26.1 Å². The Labute approximate surface area is 159 Å². The van der Waals surface area contributed by atoms with E-state index in [1.54, 1.807) is 37.4 Å². The fraction of sp³-hybridized carbons (Fsp3) is 0.316. The Hall–Kier alpha value is -2.58. The highest BCUT2D eigenvalue weighted by molar-refractivity contribution is 7.89. The van der Waals surface area contributed by atoms with Crippen LogP contribution in [0.15, 0.2) is 47.4 Å². The Balaban J connectivity index is 2.02. The smallest absolute Gasteiger partial charge is 0.240 e. The van der Waals surface area contributed by atoms with Gasteiger partial charge in [-0.3, -0.25) is 4.79 Å². The summed E-state index contributed by atoms with van der Waals surface area (Å²) < 4.78 is 37.0. The average Bonchev–Trinajstić information content (AvgIpc) is 2.66. The van der Waals surface area contributed by atoms with Crippen molar-refractivity contribution in [3.8, 4) is 11.5 Å². The second-order valence-electron chi connectivity index (χ2n) is 5.84. The number of ether oxygens (including phenoxy) is 2. The molecule has 0 aromatic heterocycles. The zero-order valence-corrected chi connectivity index (χ0v) is 16.4. The van der Waals surface area contributed by atoms with E-state index in [0.717, 1.165) is 5.56 Å². The van der Waals surface area contributed by atoms with E-state index in [2.05, 4.69) is 10.0 Å². The van der Waals surface area contributed by atoms with Gasteiger partial charge >= 0.3 is 0 Å². The lowest BCUT2D eigenvalue weighted by Crippen LogP contribution is -2.24. The number of hydrogen-bond acceptors (Lipinski definition) is 5. The fourth-order valence-corrected chi connectivity index (χ4v) is 3.55. The van der Waals surface area contributed by atoms with Crippen LogP contribution in [0.5, 0.6) is 11.5 Å². The predicted octanol–water partition coefficient (Wildman–Crippen LogP) is 2.57. The van der Waals surface area contributed by atoms with E-state index in [-0.39, 0.29) is 17.2 Å². The van der Waals surface area contributed by atoms with Gasteiger partial charge in [-0.15, -0.1) is 0 Å². The molecule has 0 radical (unpaired) electrons. The third kappa shape index (κ3) is 5.70. The molecular weight excluding hydrogens is 368 g/mol. The minimum atomic E-state index is -3.52. The molecule has 1 amide bonds. The Bertz CT molecular complexity index is 879. The summed E-state index contributed by atoms with van der Waals surface area (Å²) in [4.78, 5) is 12.4. The van der Waals surface area contributed by atoms with Gasteiger partial charge < -0.3 is 14.8 Å². The second-order valence-corrected chi connectivity index (χ2v) is 7.60. The van der Waals surface area contributed by atoms with Crippen LogP contribution < -0.4 is 19.5 Å². The lowest BCUT2D eigenvalue weighted by atomic mass is 10.1. The molecule has 2 aromatic carbocycles. The molecule has 7 nitrogen and oxygen atoms in total. The highest BCUT2D eigenvalue weighted by Gasteiger charge is 2.13. The van der Waals surface area contributed by atoms with Gasteiger partial charge in [-0.05, 0) is 48.4 Å². The molecule has 0 aliphatic heterocycles. The number of hydrogen-bond donors (Lipinski definition) is 2. The summed E-state index contributed by atoms with van der Waals surface area (Å²) in [6.45, 7) is 2.27. The number of amides is 1. The van der Waals surface area contributed by atoms with Gasteiger partial charge in [0.25, 0.3) is 0 Å². The van der Waals surface area contributed by atoms with Gasteiger partial charge in [0.05, 0.1) is 25.5 Å². The van der Waals surface area contributed by atoms with E-state index in [4.69, 9.17) is 9.47 Å². The molecule has 2 N–H and O–H groups in total. The molecule has 0 spiro atoms. The minimum Gasteiger partial charge on any atom is -0.493 e. The molecule has 0 aliphatic rings. The van der Waals surface area contributed by atoms with E-state index in [1.165, 1.54) is 19.2 Å². The number of anilines is 1. The molecule has 27 heavy (non-hydrogen) atoms. The number of benzene rings is 2. The molecule has 0 bridgehead atoms. The topological polar surface area (TPSA) is 93.7 Å². The largest absolute Gasteiger partial charge is 0.493 e. The summed E-state index contributed by atoms with van der Waals surface area (Å²) in [5.41, 5.74) is 1.29. The van der Waals surface area contributed by atoms with Crippen molar-refractivity contribution in [2.45, 2.75) is 24.7 Å². The van der Waals surface area contributed by atoms with Crippen LogP contribution in [-0.2, 0) is 21.2 Å². The van der Waals surface area contributed by atoms with Gasteiger partial charge in [0.1, 0.15) is 0 Å². The lowest BCUT2D eigenvalue weighted by molar-refractivity contribution is -0.115. The molecule has 0 heterocycles. The maximum Gasteiger partial charge on any atom is 0.240 e. The van der Waals surface area contributed by atoms with Gasteiger partial charge in [0.2, 0.25) is 15.9 Å². The van der Waals surface area contributed by atoms with Gasteiger partial charge in [0.15, 0.2) is 11.5 Å². The standard InChI is InChI=1S/C19H24N2O5S/c1-4-11-20-27(23,24)16-8-6-15(7-9-16)21-19(22)13-14-5-10-17(25-2)18(12-14)26-3/h5-10,12,20H,4,11,13H2,1-3H3,(H,21,22). The van der Waals surface area contributed by atoms with E-state index in [1.807, 2.05) is 6.92 Å². The minimum absolute atomic E-state index is 0.151. The first kappa shape index (κ1) is 20.7. The van der Waals surface area contributed by atoms with E-state index in [9.17, 15) is 13.2 Å². The highest BCUT2D eigenvalue weighted by Crippen LogP contribution is 2.27. The Morgan fingerprint density at radius 1 is 1.00 bits per heavy atom. The van der Waals surface area contributed by atoms with Crippen molar-refractivity contribution in [2.24, 2.45) is 0 Å². The van der Waals surface area contributed by atoms with Crippen LogP contribution in [0, 0.1) is 0 Å². The number of carbonyl (C=O) groups excluding carboxylic acids is 1. The van der Waals surface area contributed by atoms with E-state index in [0.29, 0.717) is 30.2 Å². The molecular formula is C19H24N2O5S. The van der Waals surface area contributed by atoms with Crippen molar-refractivity contribution < 1.29 is 22.7 Å². The average molecular weight is 392 g/mol. The van der Waals surface area contributed by atoms with Crippen molar-refractivity contribution in [1.82, 2.24) is 4.72 Å². The first-order chi connectivity index (χ1) is 12.9. The number of sulfonamides is 1. The third-order valence-corrected chi connectivity index (χ3v) is 5.28. The SMILES string of the molecule is CCCNS(=O)(=O)c1ccc(NC(=O)Cc2ccc(OC)c(OC)c2)cc1. The van der Waals surface area contributed by atoms with Crippen LogP contribution in [-0.4, -0.2) is 35.1 Å². The number of methoxy groups -OCH3 is 2. The summed E-state index contributed by atoms with van der Waals surface area (Å²) >= 11 is 0. The Morgan fingerprint density at radius 3 is 2.26 bits per heavy atom. The molecule has 2 aromatic rings. The van der Waals surface area contributed by atoms with Crippen molar-refractivity contribution in [1.29, 1.82) is 0 Å². The molecule has 0 aliphatic carbocycles. The van der Waals surface area contributed by atoms with Crippen LogP contribution in [0.4, 0.5) is 5.69 Å². The zero-order valence-electron chi connectivity index (χ0n) is 15.6. The monoisotopic (exact) mass is 392 g/mol. The first-order valence-corrected chi connectivity index (χ1v) is 9.98. The maximum absolute atomic E-state index is 12.2. The lowest BCUT2D eigenvalue weighted by Gasteiger charge is -2.10. The molecule has 2 rings (SSSR count). The van der Waals surface area contributed by atoms with E-state index >= 15 is 0 Å². The van der Waals surface area contributed by atoms with Crippen molar-refractivity contribution >= 4 is 21.6 Å². The maximum atomic E-state index is 12.2. The van der Waals surface area contributed by atoms with Crippen LogP contribution in [0.2, 0.25) is 0 Å². The van der Waals surface area contributed by atoms with Gasteiger partial charge in [-0.25, -0.2) is 13.1 Å². The highest BCUT2D eigenvalue weighted by atomic mass is 32.2. The molecule has 146 valence electrons. The summed E-state index contributed by atoms with van der Waals surface area (Å²) in [5, 5.41) is 2.75.